The van der Waals surface area contributed by atoms with E-state index < -0.39 is 5.54 Å². The van der Waals surface area contributed by atoms with E-state index in [-0.39, 0.29) is 12.0 Å². The summed E-state index contributed by atoms with van der Waals surface area (Å²) in [5.74, 6) is -0.109. The number of carbonyl (C=O) groups is 1. The van der Waals surface area contributed by atoms with E-state index >= 15 is 0 Å². The molecule has 1 saturated carbocycles. The normalized spacial score (nSPS) is 26.6. The Morgan fingerprint density at radius 2 is 2.00 bits per heavy atom. The standard InChI is InChI=1S/C16H33N3O2/c1-13(2)17-16(15(20)21-6)9-7-8-14(12-16)19(5)11-10-18(3)4/h13-14,17H,7-12H2,1-6H3. The van der Waals surface area contributed by atoms with E-state index in [4.69, 9.17) is 4.74 Å². The summed E-state index contributed by atoms with van der Waals surface area (Å²) in [5.41, 5.74) is -0.516. The van der Waals surface area contributed by atoms with Crippen LogP contribution in [-0.2, 0) is 9.53 Å². The van der Waals surface area contributed by atoms with E-state index in [9.17, 15) is 4.79 Å². The van der Waals surface area contributed by atoms with Gasteiger partial charge in [0.2, 0.25) is 0 Å². The largest absolute Gasteiger partial charge is 0.468 e. The van der Waals surface area contributed by atoms with Crippen molar-refractivity contribution in [2.75, 3.05) is 41.3 Å². The van der Waals surface area contributed by atoms with Gasteiger partial charge in [0.25, 0.3) is 0 Å². The number of hydrogen-bond donors (Lipinski definition) is 1. The van der Waals surface area contributed by atoms with Gasteiger partial charge in [-0.25, -0.2) is 0 Å². The second-order valence-corrected chi connectivity index (χ2v) is 6.91. The third-order valence-corrected chi connectivity index (χ3v) is 4.39. The first-order valence-corrected chi connectivity index (χ1v) is 8.02. The minimum absolute atomic E-state index is 0.109. The lowest BCUT2D eigenvalue weighted by Crippen LogP contribution is -2.60. The molecule has 0 radical (unpaired) electrons. The number of likely N-dealkylation sites (N-methyl/N-ethyl adjacent to an activating group) is 2. The van der Waals surface area contributed by atoms with Crippen LogP contribution in [0.1, 0.15) is 39.5 Å². The summed E-state index contributed by atoms with van der Waals surface area (Å²) < 4.78 is 5.09. The van der Waals surface area contributed by atoms with Gasteiger partial charge >= 0.3 is 5.97 Å². The van der Waals surface area contributed by atoms with Gasteiger partial charge in [0.05, 0.1) is 7.11 Å². The number of carbonyl (C=O) groups excluding carboxylic acids is 1. The van der Waals surface area contributed by atoms with E-state index in [1.54, 1.807) is 0 Å². The van der Waals surface area contributed by atoms with Crippen molar-refractivity contribution in [2.24, 2.45) is 0 Å². The lowest BCUT2D eigenvalue weighted by atomic mass is 9.78. The second-order valence-electron chi connectivity index (χ2n) is 6.91. The van der Waals surface area contributed by atoms with E-state index in [0.29, 0.717) is 6.04 Å². The summed E-state index contributed by atoms with van der Waals surface area (Å²) in [6.45, 7) is 6.24. The van der Waals surface area contributed by atoms with Crippen molar-refractivity contribution in [3.05, 3.63) is 0 Å². The Morgan fingerprint density at radius 3 is 2.52 bits per heavy atom. The van der Waals surface area contributed by atoms with Crippen LogP contribution in [0.15, 0.2) is 0 Å². The smallest absolute Gasteiger partial charge is 0.326 e. The summed E-state index contributed by atoms with van der Waals surface area (Å²) in [5, 5.41) is 3.48. The third kappa shape index (κ3) is 5.24. The highest BCUT2D eigenvalue weighted by molar-refractivity contribution is 5.81. The highest BCUT2D eigenvalue weighted by Gasteiger charge is 2.44. The van der Waals surface area contributed by atoms with Crippen molar-refractivity contribution in [3.63, 3.8) is 0 Å². The van der Waals surface area contributed by atoms with Crippen molar-refractivity contribution >= 4 is 5.97 Å². The Bertz CT molecular complexity index is 333. The van der Waals surface area contributed by atoms with E-state index in [1.165, 1.54) is 7.11 Å². The SMILES string of the molecule is COC(=O)C1(NC(C)C)CCCC(N(C)CCN(C)C)C1. The maximum absolute atomic E-state index is 12.3. The Balaban J connectivity index is 2.75. The minimum atomic E-state index is -0.516. The van der Waals surface area contributed by atoms with Gasteiger partial charge in [-0.3, -0.25) is 10.1 Å². The van der Waals surface area contributed by atoms with Crippen LogP contribution in [-0.4, -0.2) is 74.7 Å². The highest BCUT2D eigenvalue weighted by Crippen LogP contribution is 2.32. The molecule has 0 heterocycles. The molecular weight excluding hydrogens is 266 g/mol. The van der Waals surface area contributed by atoms with Crippen LogP contribution >= 0.6 is 0 Å². The predicted octanol–water partition coefficient (Wildman–Crippen LogP) is 1.33. The number of hydrogen-bond acceptors (Lipinski definition) is 5. The molecule has 1 aliphatic carbocycles. The molecule has 21 heavy (non-hydrogen) atoms. The van der Waals surface area contributed by atoms with Gasteiger partial charge in [-0.2, -0.15) is 0 Å². The molecule has 1 fully saturated rings. The van der Waals surface area contributed by atoms with Crippen molar-refractivity contribution in [1.29, 1.82) is 0 Å². The van der Waals surface area contributed by atoms with Gasteiger partial charge in [0.15, 0.2) is 0 Å². The van der Waals surface area contributed by atoms with Crippen molar-refractivity contribution in [3.8, 4) is 0 Å². The number of methoxy groups -OCH3 is 1. The Hall–Kier alpha value is -0.650. The molecule has 1 N–H and O–H groups in total. The number of rotatable bonds is 7. The lowest BCUT2D eigenvalue weighted by molar-refractivity contribution is -0.151. The van der Waals surface area contributed by atoms with Crippen LogP contribution in [0.3, 0.4) is 0 Å². The summed E-state index contributed by atoms with van der Waals surface area (Å²) in [6, 6.07) is 0.707. The first-order valence-electron chi connectivity index (χ1n) is 8.02. The molecule has 0 aliphatic heterocycles. The minimum Gasteiger partial charge on any atom is -0.468 e. The topological polar surface area (TPSA) is 44.8 Å². The van der Waals surface area contributed by atoms with Crippen LogP contribution in [0.2, 0.25) is 0 Å². The molecule has 5 nitrogen and oxygen atoms in total. The molecular formula is C16H33N3O2. The van der Waals surface area contributed by atoms with Crippen LogP contribution in [0.25, 0.3) is 0 Å². The summed E-state index contributed by atoms with van der Waals surface area (Å²) >= 11 is 0. The zero-order valence-corrected chi connectivity index (χ0v) is 14.6. The maximum Gasteiger partial charge on any atom is 0.326 e. The van der Waals surface area contributed by atoms with Crippen LogP contribution in [0.4, 0.5) is 0 Å². The first-order chi connectivity index (χ1) is 9.80. The lowest BCUT2D eigenvalue weighted by Gasteiger charge is -2.43. The second kappa shape index (κ2) is 8.11. The van der Waals surface area contributed by atoms with Gasteiger partial charge < -0.3 is 14.5 Å². The Kier molecular flexibility index (Phi) is 7.10. The van der Waals surface area contributed by atoms with Crippen LogP contribution in [0.5, 0.6) is 0 Å². The average Bonchev–Trinajstić information content (AvgIpc) is 2.43. The average molecular weight is 299 g/mol. The summed E-state index contributed by atoms with van der Waals surface area (Å²) in [6.07, 6.45) is 3.92. The fourth-order valence-electron chi connectivity index (χ4n) is 3.29. The molecule has 0 saturated heterocycles. The van der Waals surface area contributed by atoms with Gasteiger partial charge in [0.1, 0.15) is 5.54 Å². The monoisotopic (exact) mass is 299 g/mol. The van der Waals surface area contributed by atoms with Crippen molar-refractivity contribution < 1.29 is 9.53 Å². The number of nitrogens with one attached hydrogen (secondary N) is 1. The molecule has 0 bridgehead atoms. The van der Waals surface area contributed by atoms with Crippen molar-refractivity contribution in [2.45, 2.75) is 57.2 Å². The van der Waals surface area contributed by atoms with E-state index in [2.05, 4.69) is 50.1 Å². The van der Waals surface area contributed by atoms with Crippen molar-refractivity contribution in [1.82, 2.24) is 15.1 Å². The molecule has 1 rings (SSSR count). The number of nitrogens with zero attached hydrogens (tertiary/aromatic N) is 2. The molecule has 1 aliphatic rings. The molecule has 0 aromatic rings. The van der Waals surface area contributed by atoms with Gasteiger partial charge in [-0.1, -0.05) is 0 Å². The van der Waals surface area contributed by atoms with Crippen LogP contribution in [0, 0.1) is 0 Å². The molecule has 0 amide bonds. The quantitative estimate of drug-likeness (QED) is 0.719. The fourth-order valence-corrected chi connectivity index (χ4v) is 3.29. The molecule has 124 valence electrons. The van der Waals surface area contributed by atoms with Gasteiger partial charge in [0, 0.05) is 25.2 Å². The molecule has 0 aromatic carbocycles. The zero-order chi connectivity index (χ0) is 16.0. The summed E-state index contributed by atoms with van der Waals surface area (Å²) in [7, 11) is 7.84. The third-order valence-electron chi connectivity index (χ3n) is 4.39. The fraction of sp³-hybridized carbons (Fsp3) is 0.938. The first kappa shape index (κ1) is 18.4. The van der Waals surface area contributed by atoms with Gasteiger partial charge in [-0.15, -0.1) is 0 Å². The molecule has 2 unspecified atom stereocenters. The predicted molar refractivity (Wildman–Crippen MR) is 86.5 cm³/mol. The van der Waals surface area contributed by atoms with E-state index in [1.807, 2.05) is 0 Å². The Morgan fingerprint density at radius 1 is 1.33 bits per heavy atom. The summed E-state index contributed by atoms with van der Waals surface area (Å²) in [4.78, 5) is 16.9. The number of esters is 1. The zero-order valence-electron chi connectivity index (χ0n) is 14.6. The van der Waals surface area contributed by atoms with Crippen LogP contribution < -0.4 is 5.32 Å². The molecule has 5 heteroatoms. The maximum atomic E-state index is 12.3. The van der Waals surface area contributed by atoms with Gasteiger partial charge in [-0.05, 0) is 60.7 Å². The number of ether oxygens (including phenoxy) is 1. The molecule has 2 atom stereocenters. The van der Waals surface area contributed by atoms with E-state index in [0.717, 1.165) is 38.8 Å². The Labute approximate surface area is 130 Å². The highest BCUT2D eigenvalue weighted by atomic mass is 16.5. The molecule has 0 spiro atoms. The molecule has 0 aromatic heterocycles.